The standard InChI is InChI=1S/C11H21N3O/c1-2-3-11(15)14-8-10(9-14)13-6-4-12-5-7-13/h10,12H,2-9H2,1H3. The van der Waals surface area contributed by atoms with E-state index in [0.29, 0.717) is 18.4 Å². The van der Waals surface area contributed by atoms with Gasteiger partial charge in [-0.25, -0.2) is 0 Å². The van der Waals surface area contributed by atoms with Crippen molar-refractivity contribution in [2.75, 3.05) is 39.3 Å². The minimum absolute atomic E-state index is 0.337. The van der Waals surface area contributed by atoms with Crippen LogP contribution in [-0.2, 0) is 4.79 Å². The summed E-state index contributed by atoms with van der Waals surface area (Å²) in [6.45, 7) is 8.45. The Kier molecular flexibility index (Phi) is 3.59. The molecule has 2 aliphatic rings. The van der Waals surface area contributed by atoms with Gasteiger partial charge in [0.1, 0.15) is 0 Å². The zero-order valence-electron chi connectivity index (χ0n) is 9.54. The summed E-state index contributed by atoms with van der Waals surface area (Å²) >= 11 is 0. The first-order valence-electron chi connectivity index (χ1n) is 6.04. The average Bonchev–Trinajstić information content (AvgIpc) is 2.17. The van der Waals surface area contributed by atoms with Gasteiger partial charge in [0.05, 0.1) is 0 Å². The Morgan fingerprint density at radius 3 is 2.60 bits per heavy atom. The average molecular weight is 211 g/mol. The fraction of sp³-hybridized carbons (Fsp3) is 0.909. The van der Waals surface area contributed by atoms with E-state index in [4.69, 9.17) is 0 Å². The van der Waals surface area contributed by atoms with Crippen LogP contribution in [0.5, 0.6) is 0 Å². The van der Waals surface area contributed by atoms with Crippen LogP contribution in [0.25, 0.3) is 0 Å². The predicted molar refractivity (Wildman–Crippen MR) is 59.7 cm³/mol. The molecule has 0 spiro atoms. The lowest BCUT2D eigenvalue weighted by atomic mass is 10.1. The fourth-order valence-corrected chi connectivity index (χ4v) is 2.31. The molecule has 0 aromatic heterocycles. The zero-order chi connectivity index (χ0) is 10.7. The van der Waals surface area contributed by atoms with E-state index in [0.717, 1.165) is 45.7 Å². The Balaban J connectivity index is 1.70. The summed E-state index contributed by atoms with van der Waals surface area (Å²) in [6, 6.07) is 0.632. The van der Waals surface area contributed by atoms with E-state index in [1.165, 1.54) is 0 Å². The molecule has 2 fully saturated rings. The highest BCUT2D eigenvalue weighted by atomic mass is 16.2. The summed E-state index contributed by atoms with van der Waals surface area (Å²) in [5.41, 5.74) is 0. The van der Waals surface area contributed by atoms with E-state index in [-0.39, 0.29) is 0 Å². The lowest BCUT2D eigenvalue weighted by molar-refractivity contribution is -0.138. The summed E-state index contributed by atoms with van der Waals surface area (Å²) in [5.74, 6) is 0.337. The molecule has 1 N–H and O–H groups in total. The number of hydrogen-bond acceptors (Lipinski definition) is 3. The van der Waals surface area contributed by atoms with Gasteiger partial charge in [-0.05, 0) is 6.42 Å². The quantitative estimate of drug-likeness (QED) is 0.708. The van der Waals surface area contributed by atoms with Gasteiger partial charge in [-0.1, -0.05) is 6.92 Å². The van der Waals surface area contributed by atoms with Crippen LogP contribution in [0.3, 0.4) is 0 Å². The highest BCUT2D eigenvalue weighted by Crippen LogP contribution is 2.16. The molecular formula is C11H21N3O. The molecule has 2 rings (SSSR count). The molecule has 1 amide bonds. The topological polar surface area (TPSA) is 35.6 Å². The normalized spacial score (nSPS) is 23.9. The minimum atomic E-state index is 0.337. The number of piperazine rings is 1. The Morgan fingerprint density at radius 2 is 2.00 bits per heavy atom. The van der Waals surface area contributed by atoms with Crippen molar-refractivity contribution in [3.63, 3.8) is 0 Å². The third-order valence-electron chi connectivity index (χ3n) is 3.35. The third kappa shape index (κ3) is 2.49. The van der Waals surface area contributed by atoms with Gasteiger partial charge in [-0.2, -0.15) is 0 Å². The second kappa shape index (κ2) is 4.94. The molecule has 0 unspecified atom stereocenters. The molecule has 2 heterocycles. The van der Waals surface area contributed by atoms with Crippen molar-refractivity contribution in [3.05, 3.63) is 0 Å². The molecule has 0 atom stereocenters. The molecule has 0 aromatic rings. The molecule has 0 bridgehead atoms. The van der Waals surface area contributed by atoms with Crippen molar-refractivity contribution in [2.24, 2.45) is 0 Å². The molecule has 0 saturated carbocycles. The maximum Gasteiger partial charge on any atom is 0.222 e. The zero-order valence-corrected chi connectivity index (χ0v) is 9.54. The highest BCUT2D eigenvalue weighted by molar-refractivity contribution is 5.77. The smallest absolute Gasteiger partial charge is 0.222 e. The number of carbonyl (C=O) groups is 1. The van der Waals surface area contributed by atoms with Gasteiger partial charge in [0.2, 0.25) is 5.91 Å². The van der Waals surface area contributed by atoms with Crippen molar-refractivity contribution in [1.82, 2.24) is 15.1 Å². The summed E-state index contributed by atoms with van der Waals surface area (Å²) in [6.07, 6.45) is 1.68. The largest absolute Gasteiger partial charge is 0.339 e. The van der Waals surface area contributed by atoms with E-state index in [9.17, 15) is 4.79 Å². The molecule has 0 aromatic carbocycles. The van der Waals surface area contributed by atoms with Crippen LogP contribution < -0.4 is 5.32 Å². The predicted octanol–water partition coefficient (Wildman–Crippen LogP) is -0.0975. The second-order valence-corrected chi connectivity index (χ2v) is 4.49. The van der Waals surface area contributed by atoms with Crippen molar-refractivity contribution >= 4 is 5.91 Å². The van der Waals surface area contributed by atoms with Crippen molar-refractivity contribution < 1.29 is 4.79 Å². The van der Waals surface area contributed by atoms with Gasteiger partial charge in [0.15, 0.2) is 0 Å². The van der Waals surface area contributed by atoms with Gasteiger partial charge in [0.25, 0.3) is 0 Å². The van der Waals surface area contributed by atoms with Gasteiger partial charge < -0.3 is 10.2 Å². The molecule has 0 radical (unpaired) electrons. The van der Waals surface area contributed by atoms with E-state index < -0.39 is 0 Å². The molecule has 4 nitrogen and oxygen atoms in total. The highest BCUT2D eigenvalue weighted by Gasteiger charge is 2.34. The maximum atomic E-state index is 11.5. The van der Waals surface area contributed by atoms with E-state index in [1.54, 1.807) is 0 Å². The van der Waals surface area contributed by atoms with Crippen LogP contribution in [0.1, 0.15) is 19.8 Å². The first kappa shape index (κ1) is 10.9. The number of carbonyl (C=O) groups excluding carboxylic acids is 1. The SMILES string of the molecule is CCCC(=O)N1CC(N2CCNCC2)C1. The number of amides is 1. The van der Waals surface area contributed by atoms with Gasteiger partial charge in [-0.15, -0.1) is 0 Å². The van der Waals surface area contributed by atoms with Gasteiger partial charge in [0, 0.05) is 51.7 Å². The number of nitrogens with one attached hydrogen (secondary N) is 1. The molecule has 4 heteroatoms. The fourth-order valence-electron chi connectivity index (χ4n) is 2.31. The van der Waals surface area contributed by atoms with Crippen LogP contribution in [-0.4, -0.2) is 61.0 Å². The Hall–Kier alpha value is -0.610. The van der Waals surface area contributed by atoms with Crippen LogP contribution in [0, 0.1) is 0 Å². The number of nitrogens with zero attached hydrogens (tertiary/aromatic N) is 2. The molecule has 2 aliphatic heterocycles. The van der Waals surface area contributed by atoms with E-state index in [2.05, 4.69) is 17.1 Å². The molecule has 2 saturated heterocycles. The van der Waals surface area contributed by atoms with Crippen molar-refractivity contribution in [1.29, 1.82) is 0 Å². The molecule has 15 heavy (non-hydrogen) atoms. The second-order valence-electron chi connectivity index (χ2n) is 4.49. The third-order valence-corrected chi connectivity index (χ3v) is 3.35. The Labute approximate surface area is 91.6 Å². The first-order valence-corrected chi connectivity index (χ1v) is 6.04. The summed E-state index contributed by atoms with van der Waals surface area (Å²) in [7, 11) is 0. The summed E-state index contributed by atoms with van der Waals surface area (Å²) in [4.78, 5) is 16.1. The van der Waals surface area contributed by atoms with Crippen molar-refractivity contribution in [2.45, 2.75) is 25.8 Å². The minimum Gasteiger partial charge on any atom is -0.339 e. The van der Waals surface area contributed by atoms with E-state index >= 15 is 0 Å². The monoisotopic (exact) mass is 211 g/mol. The lowest BCUT2D eigenvalue weighted by Gasteiger charge is -2.46. The van der Waals surface area contributed by atoms with Crippen LogP contribution >= 0.6 is 0 Å². The van der Waals surface area contributed by atoms with Crippen molar-refractivity contribution in [3.8, 4) is 0 Å². The molecule has 0 aliphatic carbocycles. The first-order chi connectivity index (χ1) is 7.31. The number of hydrogen-bond donors (Lipinski definition) is 1. The van der Waals surface area contributed by atoms with Gasteiger partial charge in [-0.3, -0.25) is 9.69 Å². The van der Waals surface area contributed by atoms with Crippen LogP contribution in [0.2, 0.25) is 0 Å². The Morgan fingerprint density at radius 1 is 1.33 bits per heavy atom. The lowest BCUT2D eigenvalue weighted by Crippen LogP contribution is -2.63. The van der Waals surface area contributed by atoms with Gasteiger partial charge >= 0.3 is 0 Å². The summed E-state index contributed by atoms with van der Waals surface area (Å²) in [5, 5.41) is 3.35. The Bertz CT molecular complexity index is 220. The van der Waals surface area contributed by atoms with Crippen LogP contribution in [0.15, 0.2) is 0 Å². The molecule has 86 valence electrons. The number of likely N-dealkylation sites (tertiary alicyclic amines) is 1. The number of rotatable bonds is 3. The molecular weight excluding hydrogens is 190 g/mol. The summed E-state index contributed by atoms with van der Waals surface area (Å²) < 4.78 is 0. The maximum absolute atomic E-state index is 11.5. The van der Waals surface area contributed by atoms with Crippen LogP contribution in [0.4, 0.5) is 0 Å². The van der Waals surface area contributed by atoms with E-state index in [1.807, 2.05) is 4.90 Å².